The van der Waals surface area contributed by atoms with Crippen LogP contribution in [0.4, 0.5) is 5.13 Å². The predicted octanol–water partition coefficient (Wildman–Crippen LogP) is 4.35. The molecule has 0 atom stereocenters. The lowest BCUT2D eigenvalue weighted by atomic mass is 10.1. The molecule has 0 spiro atoms. The summed E-state index contributed by atoms with van der Waals surface area (Å²) in [5.41, 5.74) is 8.28. The number of nitrogens with one attached hydrogen (secondary N) is 1. The van der Waals surface area contributed by atoms with Crippen molar-refractivity contribution in [3.63, 3.8) is 0 Å². The van der Waals surface area contributed by atoms with Gasteiger partial charge in [0.05, 0.1) is 11.4 Å². The molecular formula is C17H16N4S. The third-order valence-electron chi connectivity index (χ3n) is 3.27. The van der Waals surface area contributed by atoms with E-state index in [1.165, 1.54) is 5.56 Å². The maximum atomic E-state index is 4.56. The Hall–Kier alpha value is -2.53. The molecular weight excluding hydrogens is 292 g/mol. The summed E-state index contributed by atoms with van der Waals surface area (Å²) < 4.78 is 0. The first-order chi connectivity index (χ1) is 10.7. The average molecular weight is 308 g/mol. The van der Waals surface area contributed by atoms with Gasteiger partial charge in [-0.3, -0.25) is 10.4 Å². The highest BCUT2D eigenvalue weighted by molar-refractivity contribution is 7.14. The number of hydrazone groups is 1. The van der Waals surface area contributed by atoms with Crippen LogP contribution in [0, 0.1) is 6.92 Å². The lowest BCUT2D eigenvalue weighted by Crippen LogP contribution is -1.99. The Morgan fingerprint density at radius 3 is 2.55 bits per heavy atom. The molecule has 0 saturated carbocycles. The van der Waals surface area contributed by atoms with Crippen molar-refractivity contribution < 1.29 is 0 Å². The molecule has 0 saturated heterocycles. The lowest BCUT2D eigenvalue weighted by Gasteiger charge is -2.00. The van der Waals surface area contributed by atoms with E-state index in [0.29, 0.717) is 0 Å². The van der Waals surface area contributed by atoms with Crippen LogP contribution in [0.5, 0.6) is 0 Å². The van der Waals surface area contributed by atoms with E-state index in [9.17, 15) is 0 Å². The molecule has 2 heterocycles. The van der Waals surface area contributed by atoms with E-state index >= 15 is 0 Å². The number of aryl methyl sites for hydroxylation is 1. The number of thiazole rings is 1. The van der Waals surface area contributed by atoms with Crippen molar-refractivity contribution in [3.8, 4) is 11.3 Å². The number of benzene rings is 1. The predicted molar refractivity (Wildman–Crippen MR) is 92.4 cm³/mol. The van der Waals surface area contributed by atoms with Crippen LogP contribution in [0.1, 0.15) is 18.1 Å². The summed E-state index contributed by atoms with van der Waals surface area (Å²) in [6, 6.07) is 12.2. The van der Waals surface area contributed by atoms with Crippen LogP contribution in [-0.2, 0) is 0 Å². The third-order valence-corrected chi connectivity index (χ3v) is 4.02. The van der Waals surface area contributed by atoms with Crippen molar-refractivity contribution in [3.05, 3.63) is 65.3 Å². The van der Waals surface area contributed by atoms with Gasteiger partial charge in [-0.15, -0.1) is 11.3 Å². The number of hydrogen-bond acceptors (Lipinski definition) is 5. The van der Waals surface area contributed by atoms with Gasteiger partial charge < -0.3 is 0 Å². The first-order valence-electron chi connectivity index (χ1n) is 6.95. The minimum Gasteiger partial charge on any atom is -0.265 e. The Morgan fingerprint density at radius 1 is 1.09 bits per heavy atom. The molecule has 0 amide bonds. The Labute approximate surface area is 133 Å². The van der Waals surface area contributed by atoms with Gasteiger partial charge >= 0.3 is 0 Å². The first kappa shape index (κ1) is 14.4. The number of hydrogen-bond donors (Lipinski definition) is 1. The van der Waals surface area contributed by atoms with E-state index in [-0.39, 0.29) is 0 Å². The second-order valence-corrected chi connectivity index (χ2v) is 5.81. The van der Waals surface area contributed by atoms with E-state index in [1.54, 1.807) is 23.7 Å². The fourth-order valence-electron chi connectivity index (χ4n) is 1.97. The molecule has 22 heavy (non-hydrogen) atoms. The van der Waals surface area contributed by atoms with Crippen LogP contribution in [0.15, 0.2) is 59.3 Å². The summed E-state index contributed by atoms with van der Waals surface area (Å²) in [7, 11) is 0. The van der Waals surface area contributed by atoms with E-state index in [4.69, 9.17) is 0 Å². The van der Waals surface area contributed by atoms with Crippen LogP contribution in [-0.4, -0.2) is 15.7 Å². The second-order valence-electron chi connectivity index (χ2n) is 4.95. The minimum absolute atomic E-state index is 0.781. The van der Waals surface area contributed by atoms with Crippen LogP contribution in [0.25, 0.3) is 11.3 Å². The van der Waals surface area contributed by atoms with Crippen molar-refractivity contribution in [2.75, 3.05) is 5.43 Å². The molecule has 0 fully saturated rings. The number of rotatable bonds is 4. The Kier molecular flexibility index (Phi) is 4.25. The van der Waals surface area contributed by atoms with Gasteiger partial charge in [0, 0.05) is 28.9 Å². The molecule has 5 heteroatoms. The van der Waals surface area contributed by atoms with E-state index in [1.807, 2.05) is 24.4 Å². The summed E-state index contributed by atoms with van der Waals surface area (Å²) in [6.07, 6.45) is 3.51. The molecule has 0 radical (unpaired) electrons. The van der Waals surface area contributed by atoms with Crippen LogP contribution in [0.3, 0.4) is 0 Å². The highest BCUT2D eigenvalue weighted by Gasteiger charge is 2.04. The smallest absolute Gasteiger partial charge is 0.203 e. The Morgan fingerprint density at radius 2 is 1.82 bits per heavy atom. The van der Waals surface area contributed by atoms with Gasteiger partial charge in [0.2, 0.25) is 5.13 Å². The zero-order valence-corrected chi connectivity index (χ0v) is 13.3. The first-order valence-corrected chi connectivity index (χ1v) is 7.83. The van der Waals surface area contributed by atoms with Crippen molar-refractivity contribution >= 4 is 22.2 Å². The molecule has 4 nitrogen and oxygen atoms in total. The van der Waals surface area contributed by atoms with Gasteiger partial charge in [0.15, 0.2) is 0 Å². The minimum atomic E-state index is 0.781. The highest BCUT2D eigenvalue weighted by atomic mass is 32.1. The van der Waals surface area contributed by atoms with Gasteiger partial charge in [-0.05, 0) is 26.0 Å². The van der Waals surface area contributed by atoms with Gasteiger partial charge in [0.25, 0.3) is 0 Å². The summed E-state index contributed by atoms with van der Waals surface area (Å²) in [5.74, 6) is 0. The maximum absolute atomic E-state index is 4.56. The number of aromatic nitrogens is 2. The lowest BCUT2D eigenvalue weighted by molar-refractivity contribution is 1.26. The third kappa shape index (κ3) is 3.38. The molecule has 0 aliphatic heterocycles. The van der Waals surface area contributed by atoms with Crippen molar-refractivity contribution in [1.82, 2.24) is 9.97 Å². The van der Waals surface area contributed by atoms with Gasteiger partial charge in [-0.25, -0.2) is 4.98 Å². The fraction of sp³-hybridized carbons (Fsp3) is 0.118. The average Bonchev–Trinajstić information content (AvgIpc) is 3.03. The molecule has 110 valence electrons. The number of anilines is 1. The zero-order valence-electron chi connectivity index (χ0n) is 12.4. The summed E-state index contributed by atoms with van der Waals surface area (Å²) in [5, 5.41) is 7.19. The highest BCUT2D eigenvalue weighted by Crippen LogP contribution is 2.25. The topological polar surface area (TPSA) is 50.2 Å². The molecule has 0 unspecified atom stereocenters. The fourth-order valence-corrected chi connectivity index (χ4v) is 2.63. The Bertz CT molecular complexity index is 776. The summed E-state index contributed by atoms with van der Waals surface area (Å²) >= 11 is 1.54. The van der Waals surface area contributed by atoms with Gasteiger partial charge in [-0.1, -0.05) is 29.8 Å². The van der Waals surface area contributed by atoms with E-state index in [2.05, 4.69) is 51.7 Å². The maximum Gasteiger partial charge on any atom is 0.203 e. The largest absolute Gasteiger partial charge is 0.265 e. The molecule has 0 aliphatic carbocycles. The normalized spacial score (nSPS) is 11.5. The van der Waals surface area contributed by atoms with Crippen LogP contribution < -0.4 is 5.43 Å². The van der Waals surface area contributed by atoms with Crippen LogP contribution >= 0.6 is 11.3 Å². The van der Waals surface area contributed by atoms with Gasteiger partial charge in [-0.2, -0.15) is 5.10 Å². The van der Waals surface area contributed by atoms with Crippen molar-refractivity contribution in [2.24, 2.45) is 5.10 Å². The summed E-state index contributed by atoms with van der Waals surface area (Å²) in [4.78, 5) is 8.57. The van der Waals surface area contributed by atoms with Crippen LogP contribution in [0.2, 0.25) is 0 Å². The molecule has 3 rings (SSSR count). The summed E-state index contributed by atoms with van der Waals surface area (Å²) in [6.45, 7) is 4.03. The molecule has 1 N–H and O–H groups in total. The monoisotopic (exact) mass is 308 g/mol. The van der Waals surface area contributed by atoms with E-state index < -0.39 is 0 Å². The number of pyridine rings is 1. The zero-order chi connectivity index (χ0) is 15.4. The van der Waals surface area contributed by atoms with Gasteiger partial charge in [0.1, 0.15) is 0 Å². The van der Waals surface area contributed by atoms with Crippen molar-refractivity contribution in [2.45, 2.75) is 13.8 Å². The molecule has 0 bridgehead atoms. The van der Waals surface area contributed by atoms with E-state index in [0.717, 1.165) is 27.7 Å². The Balaban J connectivity index is 1.73. The molecule has 0 aliphatic rings. The molecule has 2 aromatic heterocycles. The SMILES string of the molecule is C/C(=N\Nc1nc(-c2ccc(C)cc2)cs1)c1ccncc1. The van der Waals surface area contributed by atoms with Crippen molar-refractivity contribution in [1.29, 1.82) is 0 Å². The molecule has 1 aromatic carbocycles. The standard InChI is InChI=1S/C17H16N4S/c1-12-3-5-15(6-4-12)16-11-22-17(19-16)21-20-13(2)14-7-9-18-10-8-14/h3-11H,1-2H3,(H,19,21)/b20-13+. The molecule has 3 aromatic rings. The number of nitrogens with zero attached hydrogens (tertiary/aromatic N) is 3. The quantitative estimate of drug-likeness (QED) is 0.576. The second kappa shape index (κ2) is 6.49.